The van der Waals surface area contributed by atoms with Gasteiger partial charge in [0.2, 0.25) is 0 Å². The SMILES string of the molecule is O=C(O)[C@@H](O)[C@H](O)[C@H](O)[C@@H](O)C(=O)O.c1cnc2cc3c(cc2n1)[C@H]1CNC[C@H]3C1. The van der Waals surface area contributed by atoms with Crippen LogP contribution in [-0.4, -0.2) is 90.1 Å². The minimum atomic E-state index is -2.36. The maximum absolute atomic E-state index is 10.1. The summed E-state index contributed by atoms with van der Waals surface area (Å²) in [5, 5.41) is 55.0. The van der Waals surface area contributed by atoms with Gasteiger partial charge in [-0.2, -0.15) is 0 Å². The second-order valence-electron chi connectivity index (χ2n) is 7.36. The molecule has 11 nitrogen and oxygen atoms in total. The van der Waals surface area contributed by atoms with E-state index in [2.05, 4.69) is 27.4 Å². The van der Waals surface area contributed by atoms with Crippen molar-refractivity contribution in [2.75, 3.05) is 13.1 Å². The summed E-state index contributed by atoms with van der Waals surface area (Å²) in [6, 6.07) is 4.49. The lowest BCUT2D eigenvalue weighted by Crippen LogP contribution is -2.49. The summed E-state index contributed by atoms with van der Waals surface area (Å²) in [6.45, 7) is 2.24. The fraction of sp³-hybridized carbons (Fsp3) is 0.474. The molecule has 7 N–H and O–H groups in total. The summed E-state index contributed by atoms with van der Waals surface area (Å²) in [7, 11) is 0. The van der Waals surface area contributed by atoms with E-state index in [4.69, 9.17) is 30.6 Å². The largest absolute Gasteiger partial charge is 0.479 e. The van der Waals surface area contributed by atoms with Crippen molar-refractivity contribution in [3.05, 3.63) is 35.7 Å². The normalized spacial score (nSPS) is 23.5. The van der Waals surface area contributed by atoms with Crippen molar-refractivity contribution < 1.29 is 40.2 Å². The zero-order valence-electron chi connectivity index (χ0n) is 15.8. The van der Waals surface area contributed by atoms with Crippen molar-refractivity contribution in [1.29, 1.82) is 0 Å². The molecule has 2 bridgehead atoms. The number of rotatable bonds is 5. The minimum absolute atomic E-state index is 0.695. The molecule has 0 spiro atoms. The Hall–Kier alpha value is -2.70. The molecule has 6 atom stereocenters. The molecule has 1 saturated heterocycles. The Labute approximate surface area is 170 Å². The predicted octanol–water partition coefficient (Wildman–Crippen LogP) is -1.60. The molecule has 2 heterocycles. The lowest BCUT2D eigenvalue weighted by Gasteiger charge is -2.21. The molecule has 0 unspecified atom stereocenters. The first kappa shape index (κ1) is 22.0. The molecular formula is C19H23N3O8. The molecule has 11 heteroatoms. The molecule has 1 fully saturated rings. The van der Waals surface area contributed by atoms with Crippen LogP contribution in [-0.2, 0) is 9.59 Å². The van der Waals surface area contributed by atoms with E-state index < -0.39 is 36.4 Å². The van der Waals surface area contributed by atoms with Gasteiger partial charge in [-0.1, -0.05) is 0 Å². The van der Waals surface area contributed by atoms with Gasteiger partial charge in [0, 0.05) is 25.5 Å². The monoisotopic (exact) mass is 421 g/mol. The fourth-order valence-electron chi connectivity index (χ4n) is 3.83. The molecule has 2 aliphatic rings. The van der Waals surface area contributed by atoms with Crippen LogP contribution in [0.15, 0.2) is 24.5 Å². The number of aliphatic hydroxyl groups is 4. The highest BCUT2D eigenvalue weighted by atomic mass is 16.4. The van der Waals surface area contributed by atoms with Crippen LogP contribution in [0.5, 0.6) is 0 Å². The lowest BCUT2D eigenvalue weighted by molar-refractivity contribution is -0.172. The quantitative estimate of drug-likeness (QED) is 0.294. The number of hydrogen-bond donors (Lipinski definition) is 7. The van der Waals surface area contributed by atoms with Gasteiger partial charge >= 0.3 is 11.9 Å². The highest BCUT2D eigenvalue weighted by Gasteiger charge is 2.37. The summed E-state index contributed by atoms with van der Waals surface area (Å²) >= 11 is 0. The van der Waals surface area contributed by atoms with Crippen molar-refractivity contribution in [2.24, 2.45) is 0 Å². The molecular weight excluding hydrogens is 398 g/mol. The summed E-state index contributed by atoms with van der Waals surface area (Å²) in [5.41, 5.74) is 5.08. The van der Waals surface area contributed by atoms with Crippen molar-refractivity contribution in [3.63, 3.8) is 0 Å². The van der Waals surface area contributed by atoms with Crippen LogP contribution >= 0.6 is 0 Å². The second kappa shape index (κ2) is 8.98. The van der Waals surface area contributed by atoms with Gasteiger partial charge in [-0.3, -0.25) is 9.97 Å². The van der Waals surface area contributed by atoms with Crippen LogP contribution < -0.4 is 5.32 Å². The van der Waals surface area contributed by atoms with Gasteiger partial charge in [0.05, 0.1) is 11.0 Å². The van der Waals surface area contributed by atoms with Gasteiger partial charge in [-0.15, -0.1) is 0 Å². The Morgan fingerprint density at radius 3 is 1.60 bits per heavy atom. The smallest absolute Gasteiger partial charge is 0.335 e. The van der Waals surface area contributed by atoms with Gasteiger partial charge in [0.25, 0.3) is 0 Å². The first-order valence-corrected chi connectivity index (χ1v) is 9.33. The Balaban J connectivity index is 0.000000174. The zero-order valence-corrected chi connectivity index (χ0v) is 15.8. The second-order valence-corrected chi connectivity index (χ2v) is 7.36. The van der Waals surface area contributed by atoms with E-state index in [1.807, 2.05) is 0 Å². The molecule has 0 amide bonds. The first-order valence-electron chi connectivity index (χ1n) is 9.33. The minimum Gasteiger partial charge on any atom is -0.479 e. The average molecular weight is 421 g/mol. The summed E-state index contributed by atoms with van der Waals surface area (Å²) in [5.74, 6) is -2.29. The van der Waals surface area contributed by atoms with Crippen LogP contribution in [0, 0.1) is 0 Å². The number of fused-ring (bicyclic) bond motifs is 6. The van der Waals surface area contributed by atoms with Crippen LogP contribution in [0.1, 0.15) is 29.4 Å². The van der Waals surface area contributed by atoms with Crippen LogP contribution in [0.4, 0.5) is 0 Å². The van der Waals surface area contributed by atoms with E-state index in [0.717, 1.165) is 24.1 Å². The molecule has 1 aromatic heterocycles. The van der Waals surface area contributed by atoms with E-state index in [1.165, 1.54) is 17.5 Å². The van der Waals surface area contributed by atoms with Gasteiger partial charge in [-0.25, -0.2) is 9.59 Å². The third-order valence-electron chi connectivity index (χ3n) is 5.41. The molecule has 30 heavy (non-hydrogen) atoms. The Bertz CT molecular complexity index is 867. The maximum Gasteiger partial charge on any atom is 0.335 e. The number of hydrogen-bond acceptors (Lipinski definition) is 9. The molecule has 0 radical (unpaired) electrons. The van der Waals surface area contributed by atoms with E-state index in [1.54, 1.807) is 12.4 Å². The van der Waals surface area contributed by atoms with E-state index >= 15 is 0 Å². The Kier molecular flexibility index (Phi) is 6.58. The van der Waals surface area contributed by atoms with Gasteiger partial charge < -0.3 is 36.0 Å². The number of carboxylic acid groups (broad SMARTS) is 2. The Morgan fingerprint density at radius 2 is 1.23 bits per heavy atom. The molecule has 162 valence electrons. The number of aliphatic carboxylic acids is 2. The number of aliphatic hydroxyl groups excluding tert-OH is 4. The molecule has 1 aromatic carbocycles. The van der Waals surface area contributed by atoms with Gasteiger partial charge in [0.15, 0.2) is 12.2 Å². The van der Waals surface area contributed by atoms with Crippen molar-refractivity contribution in [2.45, 2.75) is 42.7 Å². The van der Waals surface area contributed by atoms with Crippen LogP contribution in [0.3, 0.4) is 0 Å². The predicted molar refractivity (Wildman–Crippen MR) is 102 cm³/mol. The van der Waals surface area contributed by atoms with Crippen LogP contribution in [0.25, 0.3) is 11.0 Å². The fourth-order valence-corrected chi connectivity index (χ4v) is 3.83. The van der Waals surface area contributed by atoms with Crippen molar-refractivity contribution in [1.82, 2.24) is 15.3 Å². The number of nitrogens with zero attached hydrogens (tertiary/aromatic N) is 2. The molecule has 1 aliphatic heterocycles. The van der Waals surface area contributed by atoms with E-state index in [0.29, 0.717) is 11.8 Å². The van der Waals surface area contributed by atoms with E-state index in [-0.39, 0.29) is 0 Å². The highest BCUT2D eigenvalue weighted by Crippen LogP contribution is 2.44. The topological polar surface area (TPSA) is 193 Å². The maximum atomic E-state index is 10.1. The summed E-state index contributed by atoms with van der Waals surface area (Å²) < 4.78 is 0. The van der Waals surface area contributed by atoms with E-state index in [9.17, 15) is 9.59 Å². The van der Waals surface area contributed by atoms with Crippen molar-refractivity contribution in [3.8, 4) is 0 Å². The number of aromatic nitrogens is 2. The average Bonchev–Trinajstić information content (AvgIpc) is 2.99. The number of benzene rings is 1. The highest BCUT2D eigenvalue weighted by molar-refractivity contribution is 5.77. The molecule has 2 aromatic rings. The number of piperidine rings is 1. The number of carbonyl (C=O) groups is 2. The zero-order chi connectivity index (χ0) is 22.0. The number of carboxylic acids is 2. The standard InChI is InChI=1S/C13H13N3.C6H10O8/c1-2-16-13-5-11-9-3-8(6-14-7-9)10(11)4-12(13)15-1;7-1(3(9)5(11)12)2(8)4(10)6(13)14/h1-2,4-5,8-9,14H,3,6-7H2;1-4,7-10H,(H,11,12)(H,13,14)/t8-,9-;1-,2+,3+,4-/m1./s1. The molecule has 4 rings (SSSR count). The van der Waals surface area contributed by atoms with Gasteiger partial charge in [-0.05, 0) is 41.5 Å². The third kappa shape index (κ3) is 4.40. The molecule has 0 saturated carbocycles. The Morgan fingerprint density at radius 1 is 0.833 bits per heavy atom. The molecule has 1 aliphatic carbocycles. The van der Waals surface area contributed by atoms with Crippen molar-refractivity contribution >= 4 is 23.0 Å². The lowest BCUT2D eigenvalue weighted by atomic mass is 9.98. The van der Waals surface area contributed by atoms with Gasteiger partial charge in [0.1, 0.15) is 12.2 Å². The summed E-state index contributed by atoms with van der Waals surface area (Å²) in [4.78, 5) is 29.0. The first-order chi connectivity index (χ1) is 14.2. The summed E-state index contributed by atoms with van der Waals surface area (Å²) in [6.07, 6.45) is -4.43. The third-order valence-corrected chi connectivity index (χ3v) is 5.41. The number of nitrogens with one attached hydrogen (secondary N) is 1. The van der Waals surface area contributed by atoms with Crippen LogP contribution in [0.2, 0.25) is 0 Å².